The number of ether oxygens (including phenoxy) is 2. The number of benzene rings is 2. The average molecular weight is 455 g/mol. The Kier molecular flexibility index (Phi) is 7.26. The number of esters is 1. The number of para-hydroxylation sites is 2. The van der Waals surface area contributed by atoms with Gasteiger partial charge in [0.15, 0.2) is 12.7 Å². The van der Waals surface area contributed by atoms with Crippen LogP contribution in [-0.2, 0) is 14.3 Å². The first kappa shape index (κ1) is 24.1. The second-order valence-corrected chi connectivity index (χ2v) is 8.58. The van der Waals surface area contributed by atoms with Crippen LogP contribution in [-0.4, -0.2) is 49.2 Å². The Morgan fingerprint density at radius 1 is 1.15 bits per heavy atom. The molecule has 2 N–H and O–H groups in total. The number of phenolic OH excluding ortho intramolecular Hbond substituents is 1. The number of anilines is 1. The smallest absolute Gasteiger partial charge is 0.342 e. The maximum atomic E-state index is 13.0. The number of hydrogen-bond donors (Lipinski definition) is 2. The van der Waals surface area contributed by atoms with E-state index in [0.717, 1.165) is 5.56 Å². The Balaban J connectivity index is 1.81. The van der Waals surface area contributed by atoms with Crippen LogP contribution < -0.4 is 15.0 Å². The van der Waals surface area contributed by atoms with Gasteiger partial charge in [0.1, 0.15) is 17.1 Å². The summed E-state index contributed by atoms with van der Waals surface area (Å²) in [5.41, 5.74) is 2.06. The van der Waals surface area contributed by atoms with Crippen molar-refractivity contribution in [1.82, 2.24) is 5.32 Å². The van der Waals surface area contributed by atoms with Gasteiger partial charge in [0, 0.05) is 7.05 Å². The molecule has 8 heteroatoms. The fourth-order valence-electron chi connectivity index (χ4n) is 3.66. The number of nitrogens with one attached hydrogen (secondary N) is 1. The van der Waals surface area contributed by atoms with Gasteiger partial charge in [-0.2, -0.15) is 0 Å². The Bertz CT molecular complexity index is 1060. The van der Waals surface area contributed by atoms with Crippen LogP contribution in [0.15, 0.2) is 36.4 Å². The fraction of sp³-hybridized carbons (Fsp3) is 0.400. The van der Waals surface area contributed by atoms with Crippen molar-refractivity contribution in [3.63, 3.8) is 0 Å². The van der Waals surface area contributed by atoms with Crippen LogP contribution in [0.4, 0.5) is 5.69 Å². The molecule has 33 heavy (non-hydrogen) atoms. The van der Waals surface area contributed by atoms with Gasteiger partial charge in [-0.1, -0.05) is 45.9 Å². The molecule has 176 valence electrons. The summed E-state index contributed by atoms with van der Waals surface area (Å²) in [5.74, 6) is -1.25. The number of carbonyl (C=O) groups excluding carboxylic acids is 3. The van der Waals surface area contributed by atoms with E-state index in [2.05, 4.69) is 5.32 Å². The van der Waals surface area contributed by atoms with Crippen molar-refractivity contribution in [2.45, 2.75) is 45.6 Å². The quantitative estimate of drug-likeness (QED) is 0.649. The van der Waals surface area contributed by atoms with Crippen molar-refractivity contribution in [2.75, 3.05) is 25.1 Å². The summed E-state index contributed by atoms with van der Waals surface area (Å²) in [6.07, 6.45) is -0.884. The lowest BCUT2D eigenvalue weighted by molar-refractivity contribution is -0.128. The van der Waals surface area contributed by atoms with E-state index in [-0.39, 0.29) is 35.6 Å². The number of fused-ring (bicyclic) bond motifs is 1. The number of hydrogen-bond acceptors (Lipinski definition) is 6. The number of rotatable bonds is 6. The fourth-order valence-corrected chi connectivity index (χ4v) is 3.66. The largest absolute Gasteiger partial charge is 0.507 e. The molecule has 2 amide bonds. The van der Waals surface area contributed by atoms with Crippen LogP contribution in [0.25, 0.3) is 0 Å². The molecule has 2 aromatic rings. The van der Waals surface area contributed by atoms with Gasteiger partial charge in [0.25, 0.3) is 11.8 Å². The van der Waals surface area contributed by atoms with E-state index in [9.17, 15) is 19.5 Å². The number of aromatic hydroxyl groups is 1. The van der Waals surface area contributed by atoms with E-state index in [0.29, 0.717) is 17.0 Å². The minimum absolute atomic E-state index is 0.00313. The minimum atomic E-state index is -0.884. The summed E-state index contributed by atoms with van der Waals surface area (Å²) < 4.78 is 11.0. The third-order valence-corrected chi connectivity index (χ3v) is 5.61. The van der Waals surface area contributed by atoms with E-state index < -0.39 is 24.6 Å². The number of phenols is 1. The van der Waals surface area contributed by atoms with Gasteiger partial charge >= 0.3 is 5.97 Å². The first-order chi connectivity index (χ1) is 15.6. The van der Waals surface area contributed by atoms with Crippen LogP contribution in [0.5, 0.6) is 11.5 Å². The molecule has 1 atom stereocenters. The van der Waals surface area contributed by atoms with Crippen molar-refractivity contribution in [1.29, 1.82) is 0 Å². The summed E-state index contributed by atoms with van der Waals surface area (Å²) >= 11 is 0. The molecule has 0 saturated carbocycles. The van der Waals surface area contributed by atoms with Crippen molar-refractivity contribution in [2.24, 2.45) is 0 Å². The van der Waals surface area contributed by atoms with Gasteiger partial charge in [-0.3, -0.25) is 9.59 Å². The van der Waals surface area contributed by atoms with Crippen molar-refractivity contribution in [3.8, 4) is 11.5 Å². The standard InChI is InChI=1S/C25H30N2O6/c1-14(2)16-10-17(15(3)4)23(29)18(11-16)25(31)32-13-22(28)27-12-21(24(30)26-5)33-20-9-7-6-8-19(20)27/h6-11,14-15,21,29H,12-13H2,1-5H3,(H,26,30). The normalized spacial score (nSPS) is 15.1. The lowest BCUT2D eigenvalue weighted by Crippen LogP contribution is -2.51. The molecule has 0 fully saturated rings. The highest BCUT2D eigenvalue weighted by Crippen LogP contribution is 2.35. The maximum absolute atomic E-state index is 13.0. The molecular formula is C25H30N2O6. The molecule has 8 nitrogen and oxygen atoms in total. The molecule has 0 spiro atoms. The first-order valence-electron chi connectivity index (χ1n) is 11.0. The molecular weight excluding hydrogens is 424 g/mol. The van der Waals surface area contributed by atoms with Gasteiger partial charge in [-0.15, -0.1) is 0 Å². The van der Waals surface area contributed by atoms with Gasteiger partial charge < -0.3 is 24.8 Å². The highest BCUT2D eigenvalue weighted by atomic mass is 16.5. The second-order valence-electron chi connectivity index (χ2n) is 8.58. The molecule has 2 aromatic carbocycles. The SMILES string of the molecule is CNC(=O)C1CN(C(=O)COC(=O)c2cc(C(C)C)cc(C(C)C)c2O)c2ccccc2O1. The number of nitrogens with zero attached hydrogens (tertiary/aromatic N) is 1. The molecule has 0 bridgehead atoms. The first-order valence-corrected chi connectivity index (χ1v) is 11.0. The van der Waals surface area contributed by atoms with E-state index in [4.69, 9.17) is 9.47 Å². The van der Waals surface area contributed by atoms with E-state index in [1.165, 1.54) is 11.9 Å². The third-order valence-electron chi connectivity index (χ3n) is 5.61. The predicted molar refractivity (Wildman–Crippen MR) is 124 cm³/mol. The monoisotopic (exact) mass is 454 g/mol. The molecule has 0 saturated heterocycles. The maximum Gasteiger partial charge on any atom is 0.342 e. The summed E-state index contributed by atoms with van der Waals surface area (Å²) in [5, 5.41) is 13.2. The van der Waals surface area contributed by atoms with Crippen LogP contribution in [0, 0.1) is 0 Å². The van der Waals surface area contributed by atoms with E-state index >= 15 is 0 Å². The van der Waals surface area contributed by atoms with Gasteiger partial charge in [-0.05, 0) is 41.2 Å². The topological polar surface area (TPSA) is 105 Å². The highest BCUT2D eigenvalue weighted by Gasteiger charge is 2.34. The summed E-state index contributed by atoms with van der Waals surface area (Å²) in [4.78, 5) is 39.3. The second kappa shape index (κ2) is 9.94. The summed E-state index contributed by atoms with van der Waals surface area (Å²) in [6.45, 7) is 7.28. The van der Waals surface area contributed by atoms with Crippen LogP contribution in [0.3, 0.4) is 0 Å². The Morgan fingerprint density at radius 3 is 2.48 bits per heavy atom. The van der Waals surface area contributed by atoms with Crippen LogP contribution >= 0.6 is 0 Å². The van der Waals surface area contributed by atoms with Crippen molar-refractivity contribution < 1.29 is 29.0 Å². The molecule has 1 heterocycles. The number of amides is 2. The number of carbonyl (C=O) groups is 3. The minimum Gasteiger partial charge on any atom is -0.507 e. The van der Waals surface area contributed by atoms with Crippen LogP contribution in [0.1, 0.15) is 61.0 Å². The van der Waals surface area contributed by atoms with Crippen LogP contribution in [0.2, 0.25) is 0 Å². The molecule has 0 aliphatic carbocycles. The highest BCUT2D eigenvalue weighted by molar-refractivity contribution is 6.00. The zero-order valence-electron chi connectivity index (χ0n) is 19.5. The lowest BCUT2D eigenvalue weighted by Gasteiger charge is -2.33. The van der Waals surface area contributed by atoms with Crippen molar-refractivity contribution in [3.05, 3.63) is 53.1 Å². The average Bonchev–Trinajstić information content (AvgIpc) is 2.80. The molecule has 1 aliphatic heterocycles. The molecule has 0 aromatic heterocycles. The molecule has 0 radical (unpaired) electrons. The molecule has 1 aliphatic rings. The van der Waals surface area contributed by atoms with E-state index in [1.807, 2.05) is 33.8 Å². The Labute approximate surface area is 193 Å². The Hall–Kier alpha value is -3.55. The lowest BCUT2D eigenvalue weighted by atomic mass is 9.92. The number of likely N-dealkylation sites (N-methyl/N-ethyl adjacent to an activating group) is 1. The molecule has 1 unspecified atom stereocenters. The summed E-state index contributed by atoms with van der Waals surface area (Å²) in [6, 6.07) is 10.3. The zero-order valence-corrected chi connectivity index (χ0v) is 19.5. The Morgan fingerprint density at radius 2 is 1.85 bits per heavy atom. The van der Waals surface area contributed by atoms with Gasteiger partial charge in [-0.25, -0.2) is 4.79 Å². The summed E-state index contributed by atoms with van der Waals surface area (Å²) in [7, 11) is 1.49. The van der Waals surface area contributed by atoms with Crippen molar-refractivity contribution >= 4 is 23.5 Å². The third kappa shape index (κ3) is 5.10. The van der Waals surface area contributed by atoms with Gasteiger partial charge in [0.05, 0.1) is 12.2 Å². The zero-order chi connectivity index (χ0) is 24.3. The van der Waals surface area contributed by atoms with E-state index in [1.54, 1.807) is 30.3 Å². The van der Waals surface area contributed by atoms with Gasteiger partial charge in [0.2, 0.25) is 0 Å². The molecule has 3 rings (SSSR count). The predicted octanol–water partition coefficient (Wildman–Crippen LogP) is 3.34.